The molecule has 0 saturated heterocycles. The second-order valence-electron chi connectivity index (χ2n) is 5.74. The lowest BCUT2D eigenvalue weighted by molar-refractivity contribution is -0.392. The number of imidazole rings is 1. The van der Waals surface area contributed by atoms with E-state index in [1.54, 1.807) is 32.9 Å². The monoisotopic (exact) mass is 460 g/mol. The molecule has 1 heterocycles. The SMILES string of the molecule is CC(N)=S.CCS(=O)(=O)CCn1c([N+](=O)[O-])cnc1C.O=C(O)c1ccccc1O. The van der Waals surface area contributed by atoms with Crippen LogP contribution < -0.4 is 5.73 Å². The predicted molar refractivity (Wildman–Crippen MR) is 115 cm³/mol. The van der Waals surface area contributed by atoms with Crippen molar-refractivity contribution < 1.29 is 28.3 Å². The molecule has 0 amide bonds. The summed E-state index contributed by atoms with van der Waals surface area (Å²) in [7, 11) is -3.13. The quantitative estimate of drug-likeness (QED) is 0.327. The summed E-state index contributed by atoms with van der Waals surface area (Å²) in [5, 5.41) is 27.9. The molecule has 11 nitrogen and oxygen atoms in total. The molecule has 0 aliphatic rings. The molecule has 0 bridgehead atoms. The molecule has 0 atom stereocenters. The molecule has 1 aromatic carbocycles. The van der Waals surface area contributed by atoms with Crippen LogP contribution in [0.25, 0.3) is 0 Å². The number of nitrogens with zero attached hydrogens (tertiary/aromatic N) is 3. The van der Waals surface area contributed by atoms with Crippen LogP contribution in [0.3, 0.4) is 0 Å². The van der Waals surface area contributed by atoms with Crippen molar-refractivity contribution in [3.63, 3.8) is 0 Å². The minimum absolute atomic E-state index is 0.0363. The summed E-state index contributed by atoms with van der Waals surface area (Å²) >= 11 is 4.31. The van der Waals surface area contributed by atoms with Gasteiger partial charge in [0.1, 0.15) is 24.1 Å². The zero-order chi connectivity index (χ0) is 23.5. The Kier molecular flexibility index (Phi) is 11.2. The summed E-state index contributed by atoms with van der Waals surface area (Å²) in [5.74, 6) is -1.12. The van der Waals surface area contributed by atoms with Crippen LogP contribution in [0.2, 0.25) is 0 Å². The van der Waals surface area contributed by atoms with Gasteiger partial charge in [-0.3, -0.25) is 0 Å². The second-order valence-corrected chi connectivity index (χ2v) is 8.86. The van der Waals surface area contributed by atoms with Gasteiger partial charge in [-0.15, -0.1) is 0 Å². The molecule has 0 fully saturated rings. The molecule has 0 unspecified atom stereocenters. The van der Waals surface area contributed by atoms with E-state index in [2.05, 4.69) is 17.2 Å². The largest absolute Gasteiger partial charge is 0.507 e. The highest BCUT2D eigenvalue weighted by atomic mass is 32.2. The lowest BCUT2D eigenvalue weighted by Gasteiger charge is -2.02. The van der Waals surface area contributed by atoms with Crippen molar-refractivity contribution in [3.05, 3.63) is 52.0 Å². The number of para-hydroxylation sites is 1. The van der Waals surface area contributed by atoms with E-state index in [1.165, 1.54) is 16.7 Å². The number of nitrogens with two attached hydrogens (primary N) is 1. The Balaban J connectivity index is 0.000000510. The summed E-state index contributed by atoms with van der Waals surface area (Å²) in [6.45, 7) is 4.89. The number of aromatic hydroxyl groups is 1. The van der Waals surface area contributed by atoms with Crippen molar-refractivity contribution in [2.45, 2.75) is 27.3 Å². The van der Waals surface area contributed by atoms with Crippen LogP contribution in [0.4, 0.5) is 5.82 Å². The number of hydrogen-bond acceptors (Lipinski definition) is 8. The first-order valence-electron chi connectivity index (χ1n) is 8.46. The van der Waals surface area contributed by atoms with Crippen LogP contribution in [-0.4, -0.2) is 55.6 Å². The number of benzene rings is 1. The van der Waals surface area contributed by atoms with Crippen molar-refractivity contribution in [1.29, 1.82) is 0 Å². The van der Waals surface area contributed by atoms with Gasteiger partial charge in [0.25, 0.3) is 0 Å². The van der Waals surface area contributed by atoms with Crippen LogP contribution >= 0.6 is 12.2 Å². The van der Waals surface area contributed by atoms with Crippen molar-refractivity contribution >= 4 is 38.8 Å². The van der Waals surface area contributed by atoms with E-state index in [9.17, 15) is 23.3 Å². The fourth-order valence-corrected chi connectivity index (χ4v) is 2.66. The maximum absolute atomic E-state index is 11.3. The Morgan fingerprint density at radius 2 is 1.90 bits per heavy atom. The van der Waals surface area contributed by atoms with Crippen molar-refractivity contribution in [1.82, 2.24) is 9.55 Å². The molecule has 0 spiro atoms. The fourth-order valence-electron chi connectivity index (χ4n) is 1.91. The van der Waals surface area contributed by atoms with E-state index >= 15 is 0 Å². The normalized spacial score (nSPS) is 10.1. The van der Waals surface area contributed by atoms with Crippen LogP contribution in [0.15, 0.2) is 30.5 Å². The number of nitro groups is 1. The van der Waals surface area contributed by atoms with Gasteiger partial charge in [0.15, 0.2) is 15.7 Å². The molecule has 0 aliphatic heterocycles. The van der Waals surface area contributed by atoms with Crippen LogP contribution in [-0.2, 0) is 16.4 Å². The minimum Gasteiger partial charge on any atom is -0.507 e. The summed E-state index contributed by atoms with van der Waals surface area (Å²) in [5.41, 5.74) is 4.78. The highest BCUT2D eigenvalue weighted by Gasteiger charge is 2.19. The maximum Gasteiger partial charge on any atom is 0.342 e. The first-order valence-corrected chi connectivity index (χ1v) is 10.7. The van der Waals surface area contributed by atoms with Gasteiger partial charge >= 0.3 is 11.8 Å². The fraction of sp³-hybridized carbons (Fsp3) is 0.353. The number of rotatable bonds is 6. The standard InChI is InChI=1S/C8H13N3O4S.C7H6O3.C2H5NS/c1-3-16(14,15)5-4-10-7(2)9-6-8(10)11(12)13;8-6-4-2-1-3-5(6)7(9)10;1-2(3)4/h6H,3-5H2,1-2H3;1-4,8H,(H,9,10);1H3,(H2,3,4). The molecule has 30 heavy (non-hydrogen) atoms. The molecule has 2 aromatic rings. The van der Waals surface area contributed by atoms with Gasteiger partial charge in [0.2, 0.25) is 0 Å². The first-order chi connectivity index (χ1) is 13.8. The van der Waals surface area contributed by atoms with Gasteiger partial charge in [-0.2, -0.15) is 0 Å². The number of phenols is 1. The van der Waals surface area contributed by atoms with Crippen molar-refractivity contribution in [2.24, 2.45) is 5.73 Å². The summed E-state index contributed by atoms with van der Waals surface area (Å²) in [6, 6.07) is 5.81. The van der Waals surface area contributed by atoms with Gasteiger partial charge in [-0.1, -0.05) is 31.3 Å². The topological polar surface area (TPSA) is 179 Å². The lowest BCUT2D eigenvalue weighted by atomic mass is 10.2. The second kappa shape index (κ2) is 12.5. The number of sulfone groups is 1. The Bertz CT molecular complexity index is 984. The lowest BCUT2D eigenvalue weighted by Crippen LogP contribution is -2.16. The Morgan fingerprint density at radius 1 is 1.37 bits per heavy atom. The third kappa shape index (κ3) is 9.93. The Labute approximate surface area is 179 Å². The molecule has 166 valence electrons. The van der Waals surface area contributed by atoms with E-state index in [1.807, 2.05) is 0 Å². The number of carboxylic acid groups (broad SMARTS) is 1. The molecule has 13 heteroatoms. The number of aryl methyl sites for hydroxylation is 1. The Hall–Kier alpha value is -3.06. The van der Waals surface area contributed by atoms with Crippen molar-refractivity contribution in [2.75, 3.05) is 11.5 Å². The van der Waals surface area contributed by atoms with Crippen molar-refractivity contribution in [3.8, 4) is 5.75 Å². The van der Waals surface area contributed by atoms with Crippen LogP contribution in [0.5, 0.6) is 5.75 Å². The number of aromatic nitrogens is 2. The zero-order valence-electron chi connectivity index (χ0n) is 16.7. The van der Waals surface area contributed by atoms with Gasteiger partial charge in [0.05, 0.1) is 10.7 Å². The van der Waals surface area contributed by atoms with Crippen LogP contribution in [0, 0.1) is 17.0 Å². The van der Waals surface area contributed by atoms with Gasteiger partial charge < -0.3 is 26.1 Å². The molecule has 0 radical (unpaired) electrons. The average Bonchev–Trinajstić information content (AvgIpc) is 3.01. The molecular formula is C17H24N4O7S2. The molecular weight excluding hydrogens is 436 g/mol. The predicted octanol–water partition coefficient (Wildman–Crippen LogP) is 1.92. The van der Waals surface area contributed by atoms with Gasteiger partial charge in [-0.25, -0.2) is 22.8 Å². The highest BCUT2D eigenvalue weighted by Crippen LogP contribution is 2.14. The average molecular weight is 461 g/mol. The summed E-state index contributed by atoms with van der Waals surface area (Å²) in [4.78, 5) is 24.6. The molecule has 1 aromatic heterocycles. The summed E-state index contributed by atoms with van der Waals surface area (Å²) < 4.78 is 23.9. The highest BCUT2D eigenvalue weighted by molar-refractivity contribution is 7.91. The van der Waals surface area contributed by atoms with Crippen LogP contribution in [0.1, 0.15) is 30.0 Å². The molecule has 0 saturated carbocycles. The van der Waals surface area contributed by atoms with E-state index in [0.29, 0.717) is 10.8 Å². The van der Waals surface area contributed by atoms with Gasteiger partial charge in [0, 0.05) is 12.7 Å². The molecule has 4 N–H and O–H groups in total. The summed E-state index contributed by atoms with van der Waals surface area (Å²) in [6.07, 6.45) is 1.13. The third-order valence-corrected chi connectivity index (χ3v) is 5.11. The number of aromatic carboxylic acids is 1. The first kappa shape index (κ1) is 26.9. The van der Waals surface area contributed by atoms with E-state index in [0.717, 1.165) is 6.20 Å². The van der Waals surface area contributed by atoms with E-state index < -0.39 is 20.7 Å². The van der Waals surface area contributed by atoms with E-state index in [-0.39, 0.29) is 35.2 Å². The number of carbonyl (C=O) groups is 1. The smallest absolute Gasteiger partial charge is 0.342 e. The minimum atomic E-state index is -3.13. The zero-order valence-corrected chi connectivity index (χ0v) is 18.3. The number of hydrogen-bond donors (Lipinski definition) is 3. The van der Waals surface area contributed by atoms with E-state index in [4.69, 9.17) is 15.9 Å². The molecule has 0 aliphatic carbocycles. The number of thiocarbonyl (C=S) groups is 1. The third-order valence-electron chi connectivity index (χ3n) is 3.42. The number of carboxylic acids is 1. The maximum atomic E-state index is 11.3. The van der Waals surface area contributed by atoms with Gasteiger partial charge in [-0.05, 0) is 24.0 Å². The Morgan fingerprint density at radius 3 is 2.30 bits per heavy atom. The molecule has 2 rings (SSSR count).